The van der Waals surface area contributed by atoms with Crippen LogP contribution in [0.5, 0.6) is 0 Å². The Labute approximate surface area is 154 Å². The van der Waals surface area contributed by atoms with Gasteiger partial charge in [-0.1, -0.05) is 6.92 Å². The second-order valence-corrected chi connectivity index (χ2v) is 7.19. The third-order valence-corrected chi connectivity index (χ3v) is 5.12. The van der Waals surface area contributed by atoms with Gasteiger partial charge in [0.15, 0.2) is 5.96 Å². The Hall–Kier alpha value is -0.0400. The summed E-state index contributed by atoms with van der Waals surface area (Å²) in [6.07, 6.45) is 5.28. The van der Waals surface area contributed by atoms with E-state index < -0.39 is 0 Å². The molecule has 5 heteroatoms. The molecule has 130 valence electrons. The number of aliphatic imine (C=N–C) groups is 1. The summed E-state index contributed by atoms with van der Waals surface area (Å²) in [5.74, 6) is 2.75. The fourth-order valence-electron chi connectivity index (χ4n) is 3.52. The van der Waals surface area contributed by atoms with Gasteiger partial charge >= 0.3 is 0 Å². The van der Waals surface area contributed by atoms with E-state index in [0.29, 0.717) is 6.04 Å². The molecule has 22 heavy (non-hydrogen) atoms. The number of piperidine rings is 2. The second kappa shape index (κ2) is 9.96. The van der Waals surface area contributed by atoms with E-state index in [0.717, 1.165) is 37.4 Å². The summed E-state index contributed by atoms with van der Waals surface area (Å²) in [4.78, 5) is 9.54. The molecule has 1 unspecified atom stereocenters. The molecule has 2 rings (SSSR count). The Balaban J connectivity index is 0.00000242. The molecule has 0 spiro atoms. The van der Waals surface area contributed by atoms with Crippen molar-refractivity contribution in [3.63, 3.8) is 0 Å². The summed E-state index contributed by atoms with van der Waals surface area (Å²) < 4.78 is 0. The molecule has 1 atom stereocenters. The SMILES string of the molecule is CN=C(NCC1CCCN(C(C)C)C1)N1CCC(C)CC1.I. The number of guanidine groups is 1. The minimum absolute atomic E-state index is 0. The molecule has 1 N–H and O–H groups in total. The van der Waals surface area contributed by atoms with Crippen LogP contribution in [0.25, 0.3) is 0 Å². The molecular weight excluding hydrogens is 387 g/mol. The Bertz CT molecular complexity index is 338. The van der Waals surface area contributed by atoms with Gasteiger partial charge in [-0.2, -0.15) is 0 Å². The highest BCUT2D eigenvalue weighted by molar-refractivity contribution is 14.0. The van der Waals surface area contributed by atoms with Gasteiger partial charge in [0, 0.05) is 39.3 Å². The van der Waals surface area contributed by atoms with Gasteiger partial charge in [-0.15, -0.1) is 24.0 Å². The zero-order valence-electron chi connectivity index (χ0n) is 14.8. The normalized spacial score (nSPS) is 25.2. The molecule has 0 aromatic rings. The number of hydrogen-bond donors (Lipinski definition) is 1. The van der Waals surface area contributed by atoms with E-state index >= 15 is 0 Å². The van der Waals surface area contributed by atoms with Gasteiger partial charge in [-0.05, 0) is 57.9 Å². The Morgan fingerprint density at radius 1 is 1.18 bits per heavy atom. The molecule has 0 aliphatic carbocycles. The summed E-state index contributed by atoms with van der Waals surface area (Å²) in [6.45, 7) is 12.9. The lowest BCUT2D eigenvalue weighted by Gasteiger charge is -2.37. The van der Waals surface area contributed by atoms with Crippen molar-refractivity contribution in [2.24, 2.45) is 16.8 Å². The van der Waals surface area contributed by atoms with Crippen molar-refractivity contribution in [3.8, 4) is 0 Å². The molecule has 0 aromatic carbocycles. The third kappa shape index (κ3) is 5.87. The first-order valence-electron chi connectivity index (χ1n) is 8.79. The summed E-state index contributed by atoms with van der Waals surface area (Å²) in [7, 11) is 1.92. The van der Waals surface area contributed by atoms with Crippen LogP contribution in [0.2, 0.25) is 0 Å². The van der Waals surface area contributed by atoms with Crippen molar-refractivity contribution in [2.75, 3.05) is 39.8 Å². The molecule has 0 amide bonds. The molecule has 2 heterocycles. The highest BCUT2D eigenvalue weighted by Crippen LogP contribution is 2.19. The van der Waals surface area contributed by atoms with Gasteiger partial charge in [-0.25, -0.2) is 0 Å². The molecule has 0 radical (unpaired) electrons. The van der Waals surface area contributed by atoms with Crippen LogP contribution in [-0.2, 0) is 0 Å². The van der Waals surface area contributed by atoms with Crippen molar-refractivity contribution in [3.05, 3.63) is 0 Å². The van der Waals surface area contributed by atoms with Crippen molar-refractivity contribution in [1.82, 2.24) is 15.1 Å². The Morgan fingerprint density at radius 3 is 2.45 bits per heavy atom. The quantitative estimate of drug-likeness (QED) is 0.431. The summed E-state index contributed by atoms with van der Waals surface area (Å²) in [5, 5.41) is 3.63. The molecule has 4 nitrogen and oxygen atoms in total. The van der Waals surface area contributed by atoms with Gasteiger partial charge in [0.25, 0.3) is 0 Å². The summed E-state index contributed by atoms with van der Waals surface area (Å²) in [6, 6.07) is 0.677. The second-order valence-electron chi connectivity index (χ2n) is 7.19. The standard InChI is InChI=1S/C17H34N4.HI/c1-14(2)21-9-5-6-16(13-21)12-19-17(18-4)20-10-7-15(3)8-11-20;/h14-16H,5-13H2,1-4H3,(H,18,19);1H. The van der Waals surface area contributed by atoms with E-state index in [1.54, 1.807) is 0 Å². The lowest BCUT2D eigenvalue weighted by Crippen LogP contribution is -2.49. The predicted octanol–water partition coefficient (Wildman–Crippen LogP) is 3.03. The summed E-state index contributed by atoms with van der Waals surface area (Å²) in [5.41, 5.74) is 0. The van der Waals surface area contributed by atoms with Crippen LogP contribution < -0.4 is 5.32 Å². The van der Waals surface area contributed by atoms with Crippen molar-refractivity contribution < 1.29 is 0 Å². The molecular formula is C17H35IN4. The monoisotopic (exact) mass is 422 g/mol. The number of halogens is 1. The minimum Gasteiger partial charge on any atom is -0.356 e. The highest BCUT2D eigenvalue weighted by atomic mass is 127. The summed E-state index contributed by atoms with van der Waals surface area (Å²) >= 11 is 0. The van der Waals surface area contributed by atoms with Crippen molar-refractivity contribution >= 4 is 29.9 Å². The van der Waals surface area contributed by atoms with Gasteiger partial charge in [-0.3, -0.25) is 4.99 Å². The fraction of sp³-hybridized carbons (Fsp3) is 0.941. The zero-order chi connectivity index (χ0) is 15.2. The van der Waals surface area contributed by atoms with Gasteiger partial charge in [0.1, 0.15) is 0 Å². The Morgan fingerprint density at radius 2 is 1.86 bits per heavy atom. The molecule has 2 aliphatic heterocycles. The van der Waals surface area contributed by atoms with Crippen LogP contribution in [0, 0.1) is 11.8 Å². The first-order valence-corrected chi connectivity index (χ1v) is 8.79. The van der Waals surface area contributed by atoms with Crippen LogP contribution in [0.1, 0.15) is 46.5 Å². The highest BCUT2D eigenvalue weighted by Gasteiger charge is 2.23. The maximum atomic E-state index is 4.49. The van der Waals surface area contributed by atoms with E-state index in [-0.39, 0.29) is 24.0 Å². The molecule has 0 bridgehead atoms. The smallest absolute Gasteiger partial charge is 0.193 e. The molecule has 2 saturated heterocycles. The first kappa shape index (κ1) is 20.0. The maximum absolute atomic E-state index is 4.49. The zero-order valence-corrected chi connectivity index (χ0v) is 17.2. The maximum Gasteiger partial charge on any atom is 0.193 e. The Kier molecular flexibility index (Phi) is 9.05. The van der Waals surface area contributed by atoms with Gasteiger partial charge in [0.05, 0.1) is 0 Å². The number of likely N-dealkylation sites (tertiary alicyclic amines) is 2. The van der Waals surface area contributed by atoms with Crippen LogP contribution in [0.15, 0.2) is 4.99 Å². The molecule has 0 saturated carbocycles. The van der Waals surface area contributed by atoms with Crippen LogP contribution in [0.4, 0.5) is 0 Å². The lowest BCUT2D eigenvalue weighted by atomic mass is 9.97. The van der Waals surface area contributed by atoms with E-state index in [1.807, 2.05) is 7.05 Å². The van der Waals surface area contributed by atoms with Crippen molar-refractivity contribution in [2.45, 2.75) is 52.5 Å². The van der Waals surface area contributed by atoms with E-state index in [1.165, 1.54) is 38.8 Å². The number of nitrogens with one attached hydrogen (secondary N) is 1. The van der Waals surface area contributed by atoms with Gasteiger partial charge < -0.3 is 15.1 Å². The van der Waals surface area contributed by atoms with Crippen LogP contribution >= 0.6 is 24.0 Å². The molecule has 2 fully saturated rings. The molecule has 2 aliphatic rings. The molecule has 0 aromatic heterocycles. The van der Waals surface area contributed by atoms with Crippen LogP contribution in [-0.4, -0.2) is 61.6 Å². The average Bonchev–Trinajstić information content (AvgIpc) is 2.50. The predicted molar refractivity (Wildman–Crippen MR) is 106 cm³/mol. The first-order chi connectivity index (χ1) is 10.1. The largest absolute Gasteiger partial charge is 0.356 e. The average molecular weight is 422 g/mol. The lowest BCUT2D eigenvalue weighted by molar-refractivity contribution is 0.140. The third-order valence-electron chi connectivity index (χ3n) is 5.12. The fourth-order valence-corrected chi connectivity index (χ4v) is 3.52. The number of hydrogen-bond acceptors (Lipinski definition) is 2. The van der Waals surface area contributed by atoms with E-state index in [2.05, 4.69) is 40.9 Å². The number of nitrogens with zero attached hydrogens (tertiary/aromatic N) is 3. The topological polar surface area (TPSA) is 30.9 Å². The van der Waals surface area contributed by atoms with Gasteiger partial charge in [0.2, 0.25) is 0 Å². The number of rotatable bonds is 3. The minimum atomic E-state index is 0. The van der Waals surface area contributed by atoms with Crippen LogP contribution in [0.3, 0.4) is 0 Å². The van der Waals surface area contributed by atoms with E-state index in [4.69, 9.17) is 0 Å². The van der Waals surface area contributed by atoms with E-state index in [9.17, 15) is 0 Å². The van der Waals surface area contributed by atoms with Crippen molar-refractivity contribution in [1.29, 1.82) is 0 Å².